The van der Waals surface area contributed by atoms with E-state index < -0.39 is 0 Å². The summed E-state index contributed by atoms with van der Waals surface area (Å²) in [7, 11) is 1.68. The molecule has 1 aliphatic rings. The molecule has 1 N–H and O–H groups in total. The molecule has 0 aromatic heterocycles. The third-order valence-electron chi connectivity index (χ3n) is 3.93. The molecule has 3 nitrogen and oxygen atoms in total. The van der Waals surface area contributed by atoms with Crippen molar-refractivity contribution in [3.05, 3.63) is 59.2 Å². The van der Waals surface area contributed by atoms with Crippen molar-refractivity contribution in [2.24, 2.45) is 0 Å². The summed E-state index contributed by atoms with van der Waals surface area (Å²) in [5.41, 5.74) is 3.82. The van der Waals surface area contributed by atoms with Crippen LogP contribution in [0.25, 0.3) is 0 Å². The van der Waals surface area contributed by atoms with Crippen LogP contribution in [0.5, 0.6) is 11.5 Å². The molecule has 1 aliphatic heterocycles. The molecule has 3 heteroatoms. The summed E-state index contributed by atoms with van der Waals surface area (Å²) in [6.07, 6.45) is 0.991. The van der Waals surface area contributed by atoms with Gasteiger partial charge in [0.05, 0.1) is 13.7 Å². The predicted molar refractivity (Wildman–Crippen MR) is 83.9 cm³/mol. The number of benzene rings is 2. The monoisotopic (exact) mass is 283 g/mol. The molecular weight excluding hydrogens is 262 g/mol. The Morgan fingerprint density at radius 1 is 1.19 bits per heavy atom. The molecule has 0 saturated heterocycles. The highest BCUT2D eigenvalue weighted by atomic mass is 16.5. The molecular formula is C18H21NO2. The fraction of sp³-hybridized carbons (Fsp3) is 0.333. The first-order valence-corrected chi connectivity index (χ1v) is 7.36. The Hall–Kier alpha value is -2.00. The second kappa shape index (κ2) is 6.19. The van der Waals surface area contributed by atoms with E-state index in [9.17, 15) is 0 Å². The highest BCUT2D eigenvalue weighted by molar-refractivity contribution is 5.43. The van der Waals surface area contributed by atoms with Crippen molar-refractivity contribution in [2.45, 2.75) is 25.9 Å². The molecule has 1 unspecified atom stereocenters. The topological polar surface area (TPSA) is 30.5 Å². The van der Waals surface area contributed by atoms with Crippen molar-refractivity contribution in [2.75, 3.05) is 13.7 Å². The van der Waals surface area contributed by atoms with Gasteiger partial charge in [0.25, 0.3) is 0 Å². The number of ether oxygens (including phenoxy) is 2. The minimum absolute atomic E-state index is 0.334. The molecule has 3 rings (SSSR count). The zero-order chi connectivity index (χ0) is 14.7. The minimum Gasteiger partial charge on any atom is -0.497 e. The Balaban J connectivity index is 1.71. The zero-order valence-electron chi connectivity index (χ0n) is 12.6. The summed E-state index contributed by atoms with van der Waals surface area (Å²) in [5, 5.41) is 3.63. The molecule has 0 fully saturated rings. The summed E-state index contributed by atoms with van der Waals surface area (Å²) in [5.74, 6) is 1.77. The number of rotatable bonds is 4. The van der Waals surface area contributed by atoms with Gasteiger partial charge in [-0.3, -0.25) is 0 Å². The van der Waals surface area contributed by atoms with E-state index in [1.54, 1.807) is 7.11 Å². The third-order valence-corrected chi connectivity index (χ3v) is 3.93. The van der Waals surface area contributed by atoms with E-state index in [0.717, 1.165) is 31.1 Å². The lowest BCUT2D eigenvalue weighted by molar-refractivity contribution is 0.250. The lowest BCUT2D eigenvalue weighted by Crippen LogP contribution is -2.26. The maximum absolute atomic E-state index is 5.74. The third kappa shape index (κ3) is 3.19. The van der Waals surface area contributed by atoms with Crippen LogP contribution in [-0.4, -0.2) is 13.7 Å². The van der Waals surface area contributed by atoms with Crippen LogP contribution in [0.15, 0.2) is 42.5 Å². The largest absolute Gasteiger partial charge is 0.497 e. The van der Waals surface area contributed by atoms with Crippen LogP contribution in [0.1, 0.15) is 29.2 Å². The van der Waals surface area contributed by atoms with Crippen molar-refractivity contribution in [3.8, 4) is 11.5 Å². The molecule has 2 aromatic carbocycles. The van der Waals surface area contributed by atoms with Crippen LogP contribution < -0.4 is 14.8 Å². The van der Waals surface area contributed by atoms with Crippen LogP contribution in [-0.2, 0) is 6.54 Å². The highest BCUT2D eigenvalue weighted by Crippen LogP contribution is 2.34. The second-order valence-corrected chi connectivity index (χ2v) is 5.46. The number of methoxy groups -OCH3 is 1. The fourth-order valence-corrected chi connectivity index (χ4v) is 2.66. The van der Waals surface area contributed by atoms with E-state index in [1.807, 2.05) is 12.1 Å². The molecule has 1 heterocycles. The maximum atomic E-state index is 5.74. The summed E-state index contributed by atoms with van der Waals surface area (Å²) in [4.78, 5) is 0. The lowest BCUT2D eigenvalue weighted by atomic mass is 10.00. The van der Waals surface area contributed by atoms with Gasteiger partial charge >= 0.3 is 0 Å². The van der Waals surface area contributed by atoms with Crippen molar-refractivity contribution in [1.29, 1.82) is 0 Å². The van der Waals surface area contributed by atoms with E-state index >= 15 is 0 Å². The first-order valence-electron chi connectivity index (χ1n) is 7.36. The van der Waals surface area contributed by atoms with Crippen LogP contribution in [0.3, 0.4) is 0 Å². The van der Waals surface area contributed by atoms with E-state index in [-0.39, 0.29) is 0 Å². The molecule has 110 valence electrons. The molecule has 0 amide bonds. The minimum atomic E-state index is 0.334. The number of hydrogen-bond donors (Lipinski definition) is 1. The summed E-state index contributed by atoms with van der Waals surface area (Å²) >= 11 is 0. The quantitative estimate of drug-likeness (QED) is 0.929. The van der Waals surface area contributed by atoms with Gasteiger partial charge in [0.1, 0.15) is 11.5 Å². The standard InChI is InChI=1S/C18H21NO2/c1-13-3-5-14(6-4-13)12-19-17-9-10-21-18-11-15(20-2)7-8-16(17)18/h3-8,11,17,19H,9-10,12H2,1-2H3. The highest BCUT2D eigenvalue weighted by Gasteiger charge is 2.21. The average Bonchev–Trinajstić information content (AvgIpc) is 2.53. The number of nitrogens with one attached hydrogen (secondary N) is 1. The van der Waals surface area contributed by atoms with Crippen LogP contribution in [0.4, 0.5) is 0 Å². The fourth-order valence-electron chi connectivity index (χ4n) is 2.66. The van der Waals surface area contributed by atoms with Gasteiger partial charge in [-0.05, 0) is 18.6 Å². The van der Waals surface area contributed by atoms with Crippen molar-refractivity contribution in [3.63, 3.8) is 0 Å². The van der Waals surface area contributed by atoms with E-state index in [2.05, 4.69) is 42.6 Å². The summed E-state index contributed by atoms with van der Waals surface area (Å²) < 4.78 is 11.0. The van der Waals surface area contributed by atoms with E-state index in [0.29, 0.717) is 6.04 Å². The Labute approximate surface area is 125 Å². The first-order chi connectivity index (χ1) is 10.3. The molecule has 0 spiro atoms. The van der Waals surface area contributed by atoms with E-state index in [4.69, 9.17) is 9.47 Å². The molecule has 0 aliphatic carbocycles. The average molecular weight is 283 g/mol. The predicted octanol–water partition coefficient (Wildman–Crippen LogP) is 3.62. The van der Waals surface area contributed by atoms with Gasteiger partial charge in [0.15, 0.2) is 0 Å². The molecule has 0 saturated carbocycles. The van der Waals surface area contributed by atoms with E-state index in [1.165, 1.54) is 16.7 Å². The van der Waals surface area contributed by atoms with Crippen LogP contribution in [0.2, 0.25) is 0 Å². The van der Waals surface area contributed by atoms with Gasteiger partial charge in [0.2, 0.25) is 0 Å². The number of hydrogen-bond acceptors (Lipinski definition) is 3. The number of fused-ring (bicyclic) bond motifs is 1. The smallest absolute Gasteiger partial charge is 0.127 e. The molecule has 0 bridgehead atoms. The summed E-state index contributed by atoms with van der Waals surface area (Å²) in [6, 6.07) is 15.1. The molecule has 0 radical (unpaired) electrons. The van der Waals surface area contributed by atoms with Gasteiger partial charge in [-0.15, -0.1) is 0 Å². The lowest BCUT2D eigenvalue weighted by Gasteiger charge is -2.27. The van der Waals surface area contributed by atoms with Gasteiger partial charge in [0, 0.05) is 30.6 Å². The molecule has 1 atom stereocenters. The Kier molecular flexibility index (Phi) is 4.11. The van der Waals surface area contributed by atoms with Crippen LogP contribution >= 0.6 is 0 Å². The van der Waals surface area contributed by atoms with Gasteiger partial charge < -0.3 is 14.8 Å². The normalized spacial score (nSPS) is 17.0. The number of aryl methyl sites for hydroxylation is 1. The van der Waals surface area contributed by atoms with Crippen LogP contribution in [0, 0.1) is 6.92 Å². The first kappa shape index (κ1) is 14.0. The van der Waals surface area contributed by atoms with Crippen molar-refractivity contribution < 1.29 is 9.47 Å². The van der Waals surface area contributed by atoms with Crippen molar-refractivity contribution in [1.82, 2.24) is 5.32 Å². The zero-order valence-corrected chi connectivity index (χ0v) is 12.6. The Morgan fingerprint density at radius 2 is 2.00 bits per heavy atom. The second-order valence-electron chi connectivity index (χ2n) is 5.46. The SMILES string of the molecule is COc1ccc2c(c1)OCCC2NCc1ccc(C)cc1. The van der Waals surface area contributed by atoms with Crippen molar-refractivity contribution >= 4 is 0 Å². The molecule has 21 heavy (non-hydrogen) atoms. The Morgan fingerprint density at radius 3 is 2.76 bits per heavy atom. The molecule has 2 aromatic rings. The maximum Gasteiger partial charge on any atom is 0.127 e. The Bertz CT molecular complexity index is 607. The summed E-state index contributed by atoms with van der Waals surface area (Å²) in [6.45, 7) is 3.72. The van der Waals surface area contributed by atoms with Gasteiger partial charge in [-0.25, -0.2) is 0 Å². The van der Waals surface area contributed by atoms with Gasteiger partial charge in [-0.2, -0.15) is 0 Å². The van der Waals surface area contributed by atoms with Gasteiger partial charge in [-0.1, -0.05) is 35.9 Å².